The number of phosphoric ester groups is 1. The first-order valence-corrected chi connectivity index (χ1v) is 10.9. The minimum absolute atomic E-state index is 0.00905. The summed E-state index contributed by atoms with van der Waals surface area (Å²) in [5.41, 5.74) is 1.45. The lowest BCUT2D eigenvalue weighted by Crippen LogP contribution is -2.19. The smallest absolute Gasteiger partial charge is 0.272 e. The van der Waals surface area contributed by atoms with Crippen LogP contribution in [-0.2, 0) is 18.0 Å². The van der Waals surface area contributed by atoms with Crippen molar-refractivity contribution in [2.45, 2.75) is 26.7 Å². The summed E-state index contributed by atoms with van der Waals surface area (Å²) >= 11 is 0. The molecule has 0 aliphatic carbocycles. The molecule has 1 atom stereocenters. The van der Waals surface area contributed by atoms with Crippen molar-refractivity contribution in [2.24, 2.45) is 0 Å². The molecular formula is C16H19F2O8P2-3. The Bertz CT molecular complexity index is 799. The Balaban J connectivity index is 2.41. The predicted molar refractivity (Wildman–Crippen MR) is 90.9 cm³/mol. The standard InChI is InChI=1S/C16H22F2O8P2/c1-12(9-10-25-28(22,23)26-27(19,20)21)5-3-6-13(2)11-24-16-14(17)7-4-8-15(16)18/h4,6-9H,3,5,10-11H2,1-2H3,(H,22,23)(H2,19,20,21)/p-3/b12-9+,13-6+. The molecule has 1 aromatic rings. The van der Waals surface area contributed by atoms with Crippen LogP contribution in [0.2, 0.25) is 0 Å². The zero-order valence-corrected chi connectivity index (χ0v) is 16.9. The SMILES string of the molecule is C/C(=C\COP(=O)([O-])OP(=O)([O-])[O-])CC/C=C(\C)COc1c(F)cccc1F. The molecule has 0 saturated carbocycles. The molecule has 0 aliphatic heterocycles. The maximum atomic E-state index is 13.4. The third kappa shape index (κ3) is 10.2. The summed E-state index contributed by atoms with van der Waals surface area (Å²) in [7, 11) is -10.9. The first-order chi connectivity index (χ1) is 12.9. The van der Waals surface area contributed by atoms with Crippen molar-refractivity contribution in [1.29, 1.82) is 0 Å². The molecule has 0 amide bonds. The third-order valence-electron chi connectivity index (χ3n) is 3.26. The summed E-state index contributed by atoms with van der Waals surface area (Å²) in [6.07, 6.45) is 4.19. The van der Waals surface area contributed by atoms with E-state index in [9.17, 15) is 32.6 Å². The molecule has 0 radical (unpaired) electrons. The first-order valence-electron chi connectivity index (χ1n) is 7.97. The van der Waals surface area contributed by atoms with E-state index in [0.29, 0.717) is 12.8 Å². The van der Waals surface area contributed by atoms with Crippen LogP contribution in [-0.4, -0.2) is 13.2 Å². The number of hydrogen-bond acceptors (Lipinski definition) is 8. The van der Waals surface area contributed by atoms with Crippen LogP contribution >= 0.6 is 15.6 Å². The Labute approximate surface area is 161 Å². The summed E-state index contributed by atoms with van der Waals surface area (Å²) in [5.74, 6) is -2.04. The molecule has 8 nitrogen and oxygen atoms in total. The highest BCUT2D eigenvalue weighted by Crippen LogP contribution is 2.50. The van der Waals surface area contributed by atoms with Gasteiger partial charge in [-0.25, -0.2) is 8.78 Å². The van der Waals surface area contributed by atoms with Crippen molar-refractivity contribution >= 4 is 15.6 Å². The second-order valence-corrected chi connectivity index (χ2v) is 8.45. The van der Waals surface area contributed by atoms with Crippen molar-refractivity contribution in [2.75, 3.05) is 13.2 Å². The van der Waals surface area contributed by atoms with Gasteiger partial charge in [0.1, 0.15) is 6.61 Å². The molecule has 1 unspecified atom stereocenters. The van der Waals surface area contributed by atoms with Gasteiger partial charge in [0.25, 0.3) is 7.82 Å². The van der Waals surface area contributed by atoms with E-state index in [1.54, 1.807) is 19.9 Å². The molecule has 158 valence electrons. The van der Waals surface area contributed by atoms with Crippen LogP contribution in [0.4, 0.5) is 8.78 Å². The van der Waals surface area contributed by atoms with Crippen molar-refractivity contribution in [1.82, 2.24) is 0 Å². The van der Waals surface area contributed by atoms with E-state index in [1.807, 2.05) is 0 Å². The Morgan fingerprint density at radius 1 is 1.07 bits per heavy atom. The lowest BCUT2D eigenvalue weighted by atomic mass is 10.1. The molecule has 28 heavy (non-hydrogen) atoms. The normalized spacial score (nSPS) is 15.4. The molecule has 0 fully saturated rings. The maximum Gasteiger partial charge on any atom is 0.272 e. The second-order valence-electron chi connectivity index (χ2n) is 5.75. The molecule has 1 aromatic carbocycles. The fraction of sp³-hybridized carbons (Fsp3) is 0.375. The van der Waals surface area contributed by atoms with Gasteiger partial charge >= 0.3 is 0 Å². The van der Waals surface area contributed by atoms with Gasteiger partial charge in [-0.1, -0.05) is 23.8 Å². The van der Waals surface area contributed by atoms with Gasteiger partial charge in [-0.05, 0) is 44.4 Å². The maximum absolute atomic E-state index is 13.4. The number of hydrogen-bond donors (Lipinski definition) is 0. The van der Waals surface area contributed by atoms with Crippen LogP contribution in [0.1, 0.15) is 26.7 Å². The topological polar surface area (TPSA) is 131 Å². The summed E-state index contributed by atoms with van der Waals surface area (Å²) < 4.78 is 60.9. The predicted octanol–water partition coefficient (Wildman–Crippen LogP) is 2.35. The fourth-order valence-corrected chi connectivity index (χ4v) is 3.36. The lowest BCUT2D eigenvalue weighted by Gasteiger charge is -2.34. The Morgan fingerprint density at radius 2 is 1.68 bits per heavy atom. The number of allylic oxidation sites excluding steroid dienone is 2. The number of rotatable bonds is 11. The van der Waals surface area contributed by atoms with Gasteiger partial charge in [-0.3, -0.25) is 8.88 Å². The van der Waals surface area contributed by atoms with E-state index < -0.39 is 39.6 Å². The monoisotopic (exact) mass is 439 g/mol. The molecule has 0 saturated heterocycles. The average molecular weight is 439 g/mol. The molecule has 12 heteroatoms. The molecule has 0 bridgehead atoms. The van der Waals surface area contributed by atoms with E-state index in [4.69, 9.17) is 4.74 Å². The van der Waals surface area contributed by atoms with Crippen molar-refractivity contribution in [3.05, 3.63) is 53.1 Å². The van der Waals surface area contributed by atoms with E-state index >= 15 is 0 Å². The fourth-order valence-electron chi connectivity index (χ4n) is 1.93. The van der Waals surface area contributed by atoms with Gasteiger partial charge in [0.05, 0.1) is 14.4 Å². The van der Waals surface area contributed by atoms with Crippen LogP contribution in [0.25, 0.3) is 0 Å². The highest BCUT2D eigenvalue weighted by atomic mass is 31.3. The van der Waals surface area contributed by atoms with Gasteiger partial charge in [0, 0.05) is 0 Å². The summed E-state index contributed by atoms with van der Waals surface area (Å²) in [5, 5.41) is 0. The second kappa shape index (κ2) is 11.0. The molecule has 1 rings (SSSR count). The van der Waals surface area contributed by atoms with Gasteiger partial charge in [0.2, 0.25) is 0 Å². The molecule has 0 aliphatic rings. The molecule has 0 spiro atoms. The van der Waals surface area contributed by atoms with Gasteiger partial charge in [-0.15, -0.1) is 0 Å². The number of halogens is 2. The van der Waals surface area contributed by atoms with Crippen LogP contribution in [0, 0.1) is 11.6 Å². The Morgan fingerprint density at radius 3 is 2.25 bits per heavy atom. The average Bonchev–Trinajstić information content (AvgIpc) is 2.51. The Hall–Kier alpha value is -1.38. The lowest BCUT2D eigenvalue weighted by molar-refractivity contribution is -0.339. The zero-order chi connectivity index (χ0) is 21.4. The van der Waals surface area contributed by atoms with Crippen molar-refractivity contribution in [3.63, 3.8) is 0 Å². The number of para-hydroxylation sites is 1. The first kappa shape index (κ1) is 24.7. The van der Waals surface area contributed by atoms with E-state index in [-0.39, 0.29) is 6.61 Å². The highest BCUT2D eigenvalue weighted by Gasteiger charge is 2.11. The van der Waals surface area contributed by atoms with Gasteiger partial charge < -0.3 is 28.5 Å². The van der Waals surface area contributed by atoms with Gasteiger partial charge in [0.15, 0.2) is 17.4 Å². The van der Waals surface area contributed by atoms with Crippen LogP contribution in [0.5, 0.6) is 5.75 Å². The molecule has 0 heterocycles. The van der Waals surface area contributed by atoms with E-state index in [2.05, 4.69) is 8.83 Å². The van der Waals surface area contributed by atoms with E-state index in [0.717, 1.165) is 23.3 Å². The minimum atomic E-state index is -5.70. The van der Waals surface area contributed by atoms with E-state index in [1.165, 1.54) is 12.1 Å². The number of ether oxygens (including phenoxy) is 1. The van der Waals surface area contributed by atoms with Crippen LogP contribution in [0.3, 0.4) is 0 Å². The Kier molecular flexibility index (Phi) is 9.66. The molecular weight excluding hydrogens is 420 g/mol. The number of phosphoric acid groups is 2. The van der Waals surface area contributed by atoms with Crippen molar-refractivity contribution < 1.29 is 46.2 Å². The largest absolute Gasteiger partial charge is 0.790 e. The summed E-state index contributed by atoms with van der Waals surface area (Å²) in [6, 6.07) is 3.41. The quantitative estimate of drug-likeness (QED) is 0.379. The summed E-state index contributed by atoms with van der Waals surface area (Å²) in [4.78, 5) is 31.6. The third-order valence-corrected chi connectivity index (χ3v) is 5.32. The minimum Gasteiger partial charge on any atom is -0.790 e. The highest BCUT2D eigenvalue weighted by molar-refractivity contribution is 7.58. The molecule has 0 aromatic heterocycles. The van der Waals surface area contributed by atoms with Crippen LogP contribution in [0.15, 0.2) is 41.5 Å². The van der Waals surface area contributed by atoms with Crippen molar-refractivity contribution in [3.8, 4) is 5.75 Å². The zero-order valence-electron chi connectivity index (χ0n) is 15.1. The summed E-state index contributed by atoms with van der Waals surface area (Å²) in [6.45, 7) is 2.90. The molecule has 0 N–H and O–H groups in total. The number of benzene rings is 1. The van der Waals surface area contributed by atoms with Gasteiger partial charge in [-0.2, -0.15) is 0 Å². The van der Waals surface area contributed by atoms with Crippen LogP contribution < -0.4 is 19.4 Å².